The first-order valence-electron chi connectivity index (χ1n) is 6.32. The van der Waals surface area contributed by atoms with E-state index in [1.165, 1.54) is 17.4 Å². The van der Waals surface area contributed by atoms with E-state index in [-0.39, 0.29) is 0 Å². The summed E-state index contributed by atoms with van der Waals surface area (Å²) in [4.78, 5) is 4.55. The van der Waals surface area contributed by atoms with Crippen molar-refractivity contribution in [2.45, 2.75) is 19.4 Å². The highest BCUT2D eigenvalue weighted by Crippen LogP contribution is 2.47. The van der Waals surface area contributed by atoms with E-state index < -0.39 is 0 Å². The number of hydrogen-bond donors (Lipinski definition) is 1. The second-order valence-corrected chi connectivity index (χ2v) is 5.07. The largest absolute Gasteiger partial charge is 0.313 e. The summed E-state index contributed by atoms with van der Waals surface area (Å²) in [6.07, 6.45) is 3.21. The predicted molar refractivity (Wildman–Crippen MR) is 70.8 cm³/mol. The molecule has 3 rings (SSSR count). The maximum atomic E-state index is 4.55. The fraction of sp³-hybridized carbons (Fsp3) is 0.400. The Balaban J connectivity index is 2.09. The van der Waals surface area contributed by atoms with Gasteiger partial charge in [-0.2, -0.15) is 0 Å². The van der Waals surface area contributed by atoms with Crippen molar-refractivity contribution in [1.29, 1.82) is 0 Å². The van der Waals surface area contributed by atoms with Crippen LogP contribution in [0.25, 0.3) is 10.9 Å². The van der Waals surface area contributed by atoms with Crippen molar-refractivity contribution >= 4 is 10.9 Å². The number of hydrogen-bond acceptors (Lipinski definition) is 2. The molecule has 3 atom stereocenters. The van der Waals surface area contributed by atoms with Gasteiger partial charge in [-0.25, -0.2) is 0 Å². The third-order valence-corrected chi connectivity index (χ3v) is 3.91. The molecule has 0 spiro atoms. The SMILES string of the molecule is CNC(c1cccc2cccnc12)C1CC1C. The molecule has 88 valence electrons. The normalized spacial score (nSPS) is 24.8. The molecule has 1 aromatic carbocycles. The summed E-state index contributed by atoms with van der Waals surface area (Å²) in [5.74, 6) is 1.61. The van der Waals surface area contributed by atoms with Crippen LogP contribution < -0.4 is 5.32 Å². The van der Waals surface area contributed by atoms with Gasteiger partial charge in [0, 0.05) is 17.6 Å². The second kappa shape index (κ2) is 4.11. The van der Waals surface area contributed by atoms with Gasteiger partial charge in [0.1, 0.15) is 0 Å². The van der Waals surface area contributed by atoms with Gasteiger partial charge in [-0.15, -0.1) is 0 Å². The molecule has 2 aromatic rings. The van der Waals surface area contributed by atoms with Crippen LogP contribution in [0.2, 0.25) is 0 Å². The smallest absolute Gasteiger partial charge is 0.0749 e. The van der Waals surface area contributed by atoms with E-state index in [9.17, 15) is 0 Å². The molecule has 1 N–H and O–H groups in total. The molecule has 1 aliphatic carbocycles. The number of benzene rings is 1. The standard InChI is InChI=1S/C15H18N2/c1-10-9-13(10)15(16-2)12-7-3-5-11-6-4-8-17-14(11)12/h3-8,10,13,15-16H,9H2,1-2H3. The molecule has 2 nitrogen and oxygen atoms in total. The zero-order valence-electron chi connectivity index (χ0n) is 10.4. The maximum absolute atomic E-state index is 4.55. The molecule has 1 aliphatic rings. The minimum Gasteiger partial charge on any atom is -0.313 e. The highest BCUT2D eigenvalue weighted by atomic mass is 14.9. The Morgan fingerprint density at radius 3 is 2.76 bits per heavy atom. The first-order valence-corrected chi connectivity index (χ1v) is 6.32. The Bertz CT molecular complexity index is 530. The molecule has 1 heterocycles. The molecule has 1 saturated carbocycles. The summed E-state index contributed by atoms with van der Waals surface area (Å²) in [6, 6.07) is 11.1. The highest BCUT2D eigenvalue weighted by molar-refractivity contribution is 5.82. The summed E-state index contributed by atoms with van der Waals surface area (Å²) in [5, 5.41) is 4.70. The number of fused-ring (bicyclic) bond motifs is 1. The van der Waals surface area contributed by atoms with Crippen LogP contribution in [-0.2, 0) is 0 Å². The van der Waals surface area contributed by atoms with E-state index in [1.54, 1.807) is 0 Å². The van der Waals surface area contributed by atoms with E-state index in [2.05, 4.69) is 48.5 Å². The van der Waals surface area contributed by atoms with Gasteiger partial charge < -0.3 is 5.32 Å². The molecule has 3 unspecified atom stereocenters. The number of aromatic nitrogens is 1. The molecule has 2 heteroatoms. The first-order chi connectivity index (χ1) is 8.31. The van der Waals surface area contributed by atoms with Crippen molar-refractivity contribution in [2.75, 3.05) is 7.05 Å². The van der Waals surface area contributed by atoms with Gasteiger partial charge in [-0.3, -0.25) is 4.98 Å². The fourth-order valence-electron chi connectivity index (χ4n) is 2.79. The number of nitrogens with one attached hydrogen (secondary N) is 1. The lowest BCUT2D eigenvalue weighted by Crippen LogP contribution is -2.19. The molecule has 0 aliphatic heterocycles. The van der Waals surface area contributed by atoms with Crippen LogP contribution in [0.5, 0.6) is 0 Å². The van der Waals surface area contributed by atoms with Crippen molar-refractivity contribution < 1.29 is 0 Å². The average molecular weight is 226 g/mol. The lowest BCUT2D eigenvalue weighted by Gasteiger charge is -2.18. The summed E-state index contributed by atoms with van der Waals surface area (Å²) >= 11 is 0. The van der Waals surface area contributed by atoms with E-state index in [1.807, 2.05) is 12.3 Å². The maximum Gasteiger partial charge on any atom is 0.0749 e. The van der Waals surface area contributed by atoms with Crippen LogP contribution in [0.4, 0.5) is 0 Å². The van der Waals surface area contributed by atoms with Crippen LogP contribution >= 0.6 is 0 Å². The Morgan fingerprint density at radius 1 is 1.29 bits per heavy atom. The summed E-state index contributed by atoms with van der Waals surface area (Å²) in [5.41, 5.74) is 2.49. The van der Waals surface area contributed by atoms with Gasteiger partial charge in [0.2, 0.25) is 0 Å². The van der Waals surface area contributed by atoms with Crippen molar-refractivity contribution in [3.05, 3.63) is 42.1 Å². The number of rotatable bonds is 3. The molecule has 1 fully saturated rings. The Hall–Kier alpha value is -1.41. The number of nitrogens with zero attached hydrogens (tertiary/aromatic N) is 1. The van der Waals surface area contributed by atoms with E-state index >= 15 is 0 Å². The summed E-state index contributed by atoms with van der Waals surface area (Å²) in [6.45, 7) is 2.33. The number of para-hydroxylation sites is 1. The van der Waals surface area contributed by atoms with Gasteiger partial charge in [-0.05, 0) is 36.9 Å². The van der Waals surface area contributed by atoms with E-state index in [0.717, 1.165) is 17.4 Å². The fourth-order valence-corrected chi connectivity index (χ4v) is 2.79. The molecular formula is C15H18N2. The zero-order chi connectivity index (χ0) is 11.8. The third-order valence-electron chi connectivity index (χ3n) is 3.91. The molecule has 0 radical (unpaired) electrons. The molecule has 17 heavy (non-hydrogen) atoms. The predicted octanol–water partition coefficient (Wildman–Crippen LogP) is 3.15. The Labute approximate surface area is 102 Å². The van der Waals surface area contributed by atoms with Gasteiger partial charge >= 0.3 is 0 Å². The quantitative estimate of drug-likeness (QED) is 0.869. The molecule has 1 aromatic heterocycles. The second-order valence-electron chi connectivity index (χ2n) is 5.07. The molecule has 0 amide bonds. The van der Waals surface area contributed by atoms with Crippen LogP contribution in [0.15, 0.2) is 36.5 Å². The minimum atomic E-state index is 0.448. The van der Waals surface area contributed by atoms with Crippen molar-refractivity contribution in [1.82, 2.24) is 10.3 Å². The van der Waals surface area contributed by atoms with Crippen molar-refractivity contribution in [3.8, 4) is 0 Å². The molecular weight excluding hydrogens is 208 g/mol. The van der Waals surface area contributed by atoms with Crippen LogP contribution in [-0.4, -0.2) is 12.0 Å². The van der Waals surface area contributed by atoms with Crippen molar-refractivity contribution in [2.24, 2.45) is 11.8 Å². The number of pyridine rings is 1. The monoisotopic (exact) mass is 226 g/mol. The summed E-state index contributed by atoms with van der Waals surface area (Å²) in [7, 11) is 2.05. The lowest BCUT2D eigenvalue weighted by atomic mass is 9.98. The Kier molecular flexibility index (Phi) is 2.60. The van der Waals surface area contributed by atoms with Gasteiger partial charge in [0.15, 0.2) is 0 Å². The van der Waals surface area contributed by atoms with E-state index in [0.29, 0.717) is 6.04 Å². The van der Waals surface area contributed by atoms with E-state index in [4.69, 9.17) is 0 Å². The lowest BCUT2D eigenvalue weighted by molar-refractivity contribution is 0.506. The van der Waals surface area contributed by atoms with Crippen LogP contribution in [0, 0.1) is 11.8 Å². The van der Waals surface area contributed by atoms with Gasteiger partial charge in [-0.1, -0.05) is 31.2 Å². The average Bonchev–Trinajstić information content (AvgIpc) is 3.08. The molecule has 0 saturated heterocycles. The highest BCUT2D eigenvalue weighted by Gasteiger charge is 2.40. The van der Waals surface area contributed by atoms with Crippen LogP contribution in [0.3, 0.4) is 0 Å². The zero-order valence-corrected chi connectivity index (χ0v) is 10.4. The third kappa shape index (κ3) is 1.83. The minimum absolute atomic E-state index is 0.448. The van der Waals surface area contributed by atoms with Gasteiger partial charge in [0.05, 0.1) is 5.52 Å². The van der Waals surface area contributed by atoms with Crippen LogP contribution in [0.1, 0.15) is 24.9 Å². The molecule has 0 bridgehead atoms. The first kappa shape index (κ1) is 10.7. The van der Waals surface area contributed by atoms with Gasteiger partial charge in [0.25, 0.3) is 0 Å². The van der Waals surface area contributed by atoms with Crippen molar-refractivity contribution in [3.63, 3.8) is 0 Å². The Morgan fingerprint density at radius 2 is 2.06 bits per heavy atom. The topological polar surface area (TPSA) is 24.9 Å². The summed E-state index contributed by atoms with van der Waals surface area (Å²) < 4.78 is 0.